The van der Waals surface area contributed by atoms with Crippen molar-refractivity contribution in [3.63, 3.8) is 0 Å². The number of hydrogen-bond acceptors (Lipinski definition) is 4. The van der Waals surface area contributed by atoms with E-state index in [0.29, 0.717) is 5.82 Å². The zero-order valence-corrected chi connectivity index (χ0v) is 9.89. The number of aromatic amines is 1. The minimum Gasteiger partial charge on any atom is -0.398 e. The fourth-order valence-corrected chi connectivity index (χ4v) is 2.37. The molecule has 0 radical (unpaired) electrons. The molecule has 1 aromatic heterocycles. The fraction of sp³-hybridized carbons (Fsp3) is 0.231. The van der Waals surface area contributed by atoms with E-state index in [-0.39, 0.29) is 5.56 Å². The van der Waals surface area contributed by atoms with E-state index in [1.165, 1.54) is 23.5 Å². The maximum atomic E-state index is 11.3. The van der Waals surface area contributed by atoms with Crippen molar-refractivity contribution in [2.45, 2.75) is 13.0 Å². The SMILES string of the molecule is Nc1cccc2c1CCN(c1cc(=O)[nH]cn1)C2. The predicted molar refractivity (Wildman–Crippen MR) is 70.5 cm³/mol. The van der Waals surface area contributed by atoms with Crippen molar-refractivity contribution in [1.82, 2.24) is 9.97 Å². The first-order chi connectivity index (χ1) is 8.74. The van der Waals surface area contributed by atoms with Crippen molar-refractivity contribution in [3.8, 4) is 0 Å². The van der Waals surface area contributed by atoms with E-state index in [1.54, 1.807) is 0 Å². The number of nitrogens with zero attached hydrogens (tertiary/aromatic N) is 2. The second kappa shape index (κ2) is 4.18. The summed E-state index contributed by atoms with van der Waals surface area (Å²) in [6.07, 6.45) is 2.32. The molecule has 0 spiro atoms. The summed E-state index contributed by atoms with van der Waals surface area (Å²) in [5.74, 6) is 0.715. The van der Waals surface area contributed by atoms with Crippen LogP contribution in [0.3, 0.4) is 0 Å². The number of benzene rings is 1. The number of nitrogens with one attached hydrogen (secondary N) is 1. The molecule has 92 valence electrons. The smallest absolute Gasteiger partial charge is 0.252 e. The van der Waals surface area contributed by atoms with Crippen LogP contribution < -0.4 is 16.2 Å². The molecule has 2 heterocycles. The maximum Gasteiger partial charge on any atom is 0.252 e. The van der Waals surface area contributed by atoms with Gasteiger partial charge >= 0.3 is 0 Å². The molecule has 0 saturated heterocycles. The van der Waals surface area contributed by atoms with Gasteiger partial charge in [-0.1, -0.05) is 12.1 Å². The number of hydrogen-bond donors (Lipinski definition) is 2. The summed E-state index contributed by atoms with van der Waals surface area (Å²) in [7, 11) is 0. The highest BCUT2D eigenvalue weighted by molar-refractivity contribution is 5.54. The van der Waals surface area contributed by atoms with Gasteiger partial charge in [-0.15, -0.1) is 0 Å². The quantitative estimate of drug-likeness (QED) is 0.729. The predicted octanol–water partition coefficient (Wildman–Crippen LogP) is 0.915. The van der Waals surface area contributed by atoms with Gasteiger partial charge < -0.3 is 15.6 Å². The Hall–Kier alpha value is -2.30. The molecule has 1 aromatic carbocycles. The average molecular weight is 242 g/mol. The molecule has 0 atom stereocenters. The van der Waals surface area contributed by atoms with E-state index in [0.717, 1.165) is 25.2 Å². The topological polar surface area (TPSA) is 75.0 Å². The third-order valence-electron chi connectivity index (χ3n) is 3.29. The van der Waals surface area contributed by atoms with Crippen LogP contribution in [0.5, 0.6) is 0 Å². The fourth-order valence-electron chi connectivity index (χ4n) is 2.37. The van der Waals surface area contributed by atoms with Gasteiger partial charge in [-0.05, 0) is 23.6 Å². The van der Waals surface area contributed by atoms with E-state index in [9.17, 15) is 4.79 Å². The van der Waals surface area contributed by atoms with Crippen LogP contribution in [0.1, 0.15) is 11.1 Å². The summed E-state index contributed by atoms with van der Waals surface area (Å²) in [5, 5.41) is 0. The molecule has 0 fully saturated rings. The number of H-pyrrole nitrogens is 1. The summed E-state index contributed by atoms with van der Waals surface area (Å²) < 4.78 is 0. The van der Waals surface area contributed by atoms with Crippen molar-refractivity contribution in [3.05, 3.63) is 52.1 Å². The van der Waals surface area contributed by atoms with Gasteiger partial charge in [-0.3, -0.25) is 4.79 Å². The van der Waals surface area contributed by atoms with Gasteiger partial charge in [0.2, 0.25) is 0 Å². The van der Waals surface area contributed by atoms with Crippen LogP contribution in [-0.2, 0) is 13.0 Å². The molecule has 2 aromatic rings. The minimum absolute atomic E-state index is 0.127. The molecule has 3 rings (SSSR count). The number of fused-ring (bicyclic) bond motifs is 1. The maximum absolute atomic E-state index is 11.3. The van der Waals surface area contributed by atoms with Crippen molar-refractivity contribution in [1.29, 1.82) is 0 Å². The molecule has 18 heavy (non-hydrogen) atoms. The van der Waals surface area contributed by atoms with Gasteiger partial charge in [0.05, 0.1) is 6.33 Å². The summed E-state index contributed by atoms with van der Waals surface area (Å²) in [6, 6.07) is 7.49. The highest BCUT2D eigenvalue weighted by atomic mass is 16.1. The first kappa shape index (κ1) is 10.8. The van der Waals surface area contributed by atoms with Crippen LogP contribution in [0.4, 0.5) is 11.5 Å². The Balaban J connectivity index is 1.94. The summed E-state index contributed by atoms with van der Waals surface area (Å²) in [4.78, 5) is 20.1. The largest absolute Gasteiger partial charge is 0.398 e. The van der Waals surface area contributed by atoms with E-state index in [2.05, 4.69) is 20.9 Å². The lowest BCUT2D eigenvalue weighted by Gasteiger charge is -2.30. The third kappa shape index (κ3) is 1.84. The standard InChI is InChI=1S/C13H14N4O/c14-11-3-1-2-9-7-17(5-4-10(9)11)12-6-13(18)16-8-15-12/h1-3,6,8H,4-5,7,14H2,(H,15,16,18). The highest BCUT2D eigenvalue weighted by Gasteiger charge is 2.18. The van der Waals surface area contributed by atoms with Crippen LogP contribution in [0.2, 0.25) is 0 Å². The second-order valence-corrected chi connectivity index (χ2v) is 4.43. The normalized spacial score (nSPS) is 14.3. The lowest BCUT2D eigenvalue weighted by Crippen LogP contribution is -2.32. The van der Waals surface area contributed by atoms with Gasteiger partial charge in [0.1, 0.15) is 5.82 Å². The van der Waals surface area contributed by atoms with Gasteiger partial charge in [-0.2, -0.15) is 0 Å². The van der Waals surface area contributed by atoms with Gasteiger partial charge in [0, 0.05) is 24.8 Å². The molecular formula is C13H14N4O. The lowest BCUT2D eigenvalue weighted by atomic mass is 9.98. The Morgan fingerprint density at radius 1 is 1.39 bits per heavy atom. The Morgan fingerprint density at radius 2 is 2.28 bits per heavy atom. The van der Waals surface area contributed by atoms with Crippen LogP contribution in [-0.4, -0.2) is 16.5 Å². The summed E-state index contributed by atoms with van der Waals surface area (Å²) in [6.45, 7) is 1.58. The van der Waals surface area contributed by atoms with Gasteiger partial charge in [0.15, 0.2) is 0 Å². The lowest BCUT2D eigenvalue weighted by molar-refractivity contribution is 0.720. The second-order valence-electron chi connectivity index (χ2n) is 4.43. The highest BCUT2D eigenvalue weighted by Crippen LogP contribution is 2.25. The monoisotopic (exact) mass is 242 g/mol. The van der Waals surface area contributed by atoms with Crippen molar-refractivity contribution >= 4 is 11.5 Å². The van der Waals surface area contributed by atoms with Gasteiger partial charge in [0.25, 0.3) is 5.56 Å². The molecule has 0 amide bonds. The van der Waals surface area contributed by atoms with Gasteiger partial charge in [-0.25, -0.2) is 4.98 Å². The van der Waals surface area contributed by atoms with Crippen LogP contribution in [0.25, 0.3) is 0 Å². The molecule has 5 heteroatoms. The first-order valence-electron chi connectivity index (χ1n) is 5.90. The van der Waals surface area contributed by atoms with Crippen LogP contribution in [0, 0.1) is 0 Å². The molecule has 0 unspecified atom stereocenters. The zero-order chi connectivity index (χ0) is 12.5. The molecule has 3 N–H and O–H groups in total. The zero-order valence-electron chi connectivity index (χ0n) is 9.89. The molecular weight excluding hydrogens is 228 g/mol. The van der Waals surface area contributed by atoms with Crippen LogP contribution >= 0.6 is 0 Å². The Morgan fingerprint density at radius 3 is 3.11 bits per heavy atom. The summed E-state index contributed by atoms with van der Waals surface area (Å²) >= 11 is 0. The van der Waals surface area contributed by atoms with Crippen molar-refractivity contribution in [2.24, 2.45) is 0 Å². The third-order valence-corrected chi connectivity index (χ3v) is 3.29. The molecule has 0 bridgehead atoms. The minimum atomic E-state index is -0.127. The molecule has 0 aliphatic carbocycles. The number of anilines is 2. The Labute approximate surface area is 104 Å². The number of aromatic nitrogens is 2. The Kier molecular flexibility index (Phi) is 2.51. The number of nitrogens with two attached hydrogens (primary N) is 1. The van der Waals surface area contributed by atoms with E-state index >= 15 is 0 Å². The average Bonchev–Trinajstić information content (AvgIpc) is 2.39. The van der Waals surface area contributed by atoms with E-state index in [4.69, 9.17) is 5.73 Å². The first-order valence-corrected chi connectivity index (χ1v) is 5.90. The number of rotatable bonds is 1. The van der Waals surface area contributed by atoms with Crippen molar-refractivity contribution < 1.29 is 0 Å². The van der Waals surface area contributed by atoms with E-state index < -0.39 is 0 Å². The van der Waals surface area contributed by atoms with E-state index in [1.807, 2.05) is 12.1 Å². The molecule has 0 saturated carbocycles. The molecule has 1 aliphatic rings. The summed E-state index contributed by atoms with van der Waals surface area (Å²) in [5.41, 5.74) is 9.12. The van der Waals surface area contributed by atoms with Crippen molar-refractivity contribution in [2.75, 3.05) is 17.2 Å². The number of nitrogen functional groups attached to an aromatic ring is 1. The Bertz CT molecular complexity index is 635. The van der Waals surface area contributed by atoms with Crippen LogP contribution in [0.15, 0.2) is 35.4 Å². The molecule has 5 nitrogen and oxygen atoms in total. The molecule has 1 aliphatic heterocycles.